The van der Waals surface area contributed by atoms with Gasteiger partial charge in [0.2, 0.25) is 0 Å². The molecule has 0 saturated heterocycles. The number of thiophene rings is 1. The molecule has 2 rings (SSSR count). The van der Waals surface area contributed by atoms with Crippen molar-refractivity contribution in [1.82, 2.24) is 5.32 Å². The molecule has 1 aromatic rings. The van der Waals surface area contributed by atoms with Crippen molar-refractivity contribution < 1.29 is 0 Å². The Bertz CT molecular complexity index is 345. The van der Waals surface area contributed by atoms with Crippen LogP contribution in [-0.4, -0.2) is 6.54 Å². The lowest BCUT2D eigenvalue weighted by Crippen LogP contribution is -2.21. The number of hydrogen-bond acceptors (Lipinski definition) is 2. The van der Waals surface area contributed by atoms with Gasteiger partial charge in [-0.25, -0.2) is 0 Å². The van der Waals surface area contributed by atoms with E-state index >= 15 is 0 Å². The zero-order valence-corrected chi connectivity index (χ0v) is 11.9. The first-order chi connectivity index (χ1) is 6.99. The number of halogens is 1. The fourth-order valence-corrected chi connectivity index (χ4v) is 3.38. The molecule has 0 bridgehead atoms. The highest BCUT2D eigenvalue weighted by Crippen LogP contribution is 2.51. The first-order valence-electron chi connectivity index (χ1n) is 5.46. The molecule has 1 aromatic heterocycles. The highest BCUT2D eigenvalue weighted by molar-refractivity contribution is 9.10. The molecule has 1 fully saturated rings. The summed E-state index contributed by atoms with van der Waals surface area (Å²) < 4.78 is 1.20. The van der Waals surface area contributed by atoms with E-state index in [1.165, 1.54) is 15.8 Å². The van der Waals surface area contributed by atoms with Crippen LogP contribution in [0.2, 0.25) is 0 Å². The van der Waals surface area contributed by atoms with E-state index < -0.39 is 0 Å². The van der Waals surface area contributed by atoms with Crippen LogP contribution in [0.5, 0.6) is 0 Å². The minimum atomic E-state index is 0.484. The van der Waals surface area contributed by atoms with Gasteiger partial charge in [0.25, 0.3) is 0 Å². The van der Waals surface area contributed by atoms with Gasteiger partial charge >= 0.3 is 0 Å². The van der Waals surface area contributed by atoms with Crippen molar-refractivity contribution in [2.45, 2.75) is 33.2 Å². The zero-order valence-electron chi connectivity index (χ0n) is 9.51. The van der Waals surface area contributed by atoms with Gasteiger partial charge in [0, 0.05) is 20.8 Å². The Hall–Kier alpha value is 0.140. The van der Waals surface area contributed by atoms with E-state index in [2.05, 4.69) is 53.5 Å². The van der Waals surface area contributed by atoms with Crippen LogP contribution in [-0.2, 0) is 0 Å². The predicted octanol–water partition coefficient (Wildman–Crippen LogP) is 4.21. The molecular weight excluding hydrogens is 270 g/mol. The van der Waals surface area contributed by atoms with Gasteiger partial charge in [-0.3, -0.25) is 0 Å². The Morgan fingerprint density at radius 2 is 2.33 bits per heavy atom. The lowest BCUT2D eigenvalue weighted by atomic mass is 10.1. The second kappa shape index (κ2) is 4.19. The standard InChI is InChI=1S/C12H18BrNS/c1-8(11-4-10(13)7-15-11)14-6-9-5-12(9,2)3/h4,7-9,14H,5-6H2,1-3H3. The minimum absolute atomic E-state index is 0.484. The smallest absolute Gasteiger partial charge is 0.0386 e. The first kappa shape index (κ1) is 11.6. The van der Waals surface area contributed by atoms with E-state index in [9.17, 15) is 0 Å². The third-order valence-corrected chi connectivity index (χ3v) is 5.28. The van der Waals surface area contributed by atoms with Crippen molar-refractivity contribution in [3.8, 4) is 0 Å². The van der Waals surface area contributed by atoms with E-state index in [1.54, 1.807) is 0 Å². The van der Waals surface area contributed by atoms with Crippen molar-refractivity contribution >= 4 is 27.3 Å². The summed E-state index contributed by atoms with van der Waals surface area (Å²) in [5, 5.41) is 5.77. The topological polar surface area (TPSA) is 12.0 Å². The van der Waals surface area contributed by atoms with Gasteiger partial charge in [-0.15, -0.1) is 11.3 Å². The Morgan fingerprint density at radius 1 is 1.67 bits per heavy atom. The molecular formula is C12H18BrNS. The van der Waals surface area contributed by atoms with Gasteiger partial charge in [0.05, 0.1) is 0 Å². The van der Waals surface area contributed by atoms with Gasteiger partial charge in [-0.1, -0.05) is 13.8 Å². The average molecular weight is 288 g/mol. The summed E-state index contributed by atoms with van der Waals surface area (Å²) in [6.07, 6.45) is 1.38. The lowest BCUT2D eigenvalue weighted by molar-refractivity contribution is 0.488. The molecule has 1 heterocycles. The predicted molar refractivity (Wildman–Crippen MR) is 70.3 cm³/mol. The summed E-state index contributed by atoms with van der Waals surface area (Å²) in [5.41, 5.74) is 0.586. The summed E-state index contributed by atoms with van der Waals surface area (Å²) >= 11 is 5.31. The maximum absolute atomic E-state index is 3.62. The molecule has 1 N–H and O–H groups in total. The summed E-state index contributed by atoms with van der Waals surface area (Å²) in [6, 6.07) is 2.69. The third kappa shape index (κ3) is 2.83. The molecule has 84 valence electrons. The molecule has 3 heteroatoms. The van der Waals surface area contributed by atoms with Crippen LogP contribution in [0.25, 0.3) is 0 Å². The molecule has 1 saturated carbocycles. The fourth-order valence-electron chi connectivity index (χ4n) is 1.90. The van der Waals surface area contributed by atoms with Crippen molar-refractivity contribution in [2.24, 2.45) is 11.3 Å². The summed E-state index contributed by atoms with van der Waals surface area (Å²) in [7, 11) is 0. The highest BCUT2D eigenvalue weighted by Gasteiger charge is 2.44. The maximum atomic E-state index is 3.62. The van der Waals surface area contributed by atoms with Crippen LogP contribution >= 0.6 is 27.3 Å². The largest absolute Gasteiger partial charge is 0.309 e. The van der Waals surface area contributed by atoms with Crippen molar-refractivity contribution in [2.75, 3.05) is 6.54 Å². The molecule has 0 radical (unpaired) electrons. The molecule has 0 amide bonds. The zero-order chi connectivity index (χ0) is 11.1. The van der Waals surface area contributed by atoms with Gasteiger partial charge in [-0.2, -0.15) is 0 Å². The average Bonchev–Trinajstić information content (AvgIpc) is 2.59. The second-order valence-electron chi connectivity index (χ2n) is 5.19. The molecule has 0 aliphatic heterocycles. The van der Waals surface area contributed by atoms with Crippen molar-refractivity contribution in [3.05, 3.63) is 20.8 Å². The van der Waals surface area contributed by atoms with Gasteiger partial charge in [0.15, 0.2) is 0 Å². The van der Waals surface area contributed by atoms with E-state index in [0.717, 1.165) is 12.5 Å². The maximum Gasteiger partial charge on any atom is 0.0386 e. The molecule has 15 heavy (non-hydrogen) atoms. The second-order valence-corrected chi connectivity index (χ2v) is 7.05. The highest BCUT2D eigenvalue weighted by atomic mass is 79.9. The van der Waals surface area contributed by atoms with Crippen molar-refractivity contribution in [1.29, 1.82) is 0 Å². The van der Waals surface area contributed by atoms with Gasteiger partial charge < -0.3 is 5.32 Å². The van der Waals surface area contributed by atoms with Crippen molar-refractivity contribution in [3.63, 3.8) is 0 Å². The summed E-state index contributed by atoms with van der Waals surface area (Å²) in [6.45, 7) is 8.11. The minimum Gasteiger partial charge on any atom is -0.309 e. The summed E-state index contributed by atoms with van der Waals surface area (Å²) in [4.78, 5) is 1.42. The molecule has 2 unspecified atom stereocenters. The summed E-state index contributed by atoms with van der Waals surface area (Å²) in [5.74, 6) is 0.878. The Morgan fingerprint density at radius 3 is 2.80 bits per heavy atom. The van der Waals surface area contributed by atoms with Gasteiger partial charge in [0.1, 0.15) is 0 Å². The molecule has 0 aromatic carbocycles. The Labute approximate surface area is 104 Å². The van der Waals surface area contributed by atoms with Crippen LogP contribution in [0.15, 0.2) is 15.9 Å². The molecule has 1 aliphatic rings. The first-order valence-corrected chi connectivity index (χ1v) is 7.13. The lowest BCUT2D eigenvalue weighted by Gasteiger charge is -2.12. The van der Waals surface area contributed by atoms with E-state index in [4.69, 9.17) is 0 Å². The van der Waals surface area contributed by atoms with Crippen LogP contribution in [0, 0.1) is 11.3 Å². The number of rotatable bonds is 4. The van der Waals surface area contributed by atoms with E-state index in [0.29, 0.717) is 11.5 Å². The SMILES string of the molecule is CC(NCC1CC1(C)C)c1cc(Br)cs1. The molecule has 0 spiro atoms. The quantitative estimate of drug-likeness (QED) is 0.875. The van der Waals surface area contributed by atoms with E-state index in [-0.39, 0.29) is 0 Å². The molecule has 1 aliphatic carbocycles. The third-order valence-electron chi connectivity index (χ3n) is 3.40. The Balaban J connectivity index is 1.81. The monoisotopic (exact) mass is 287 g/mol. The normalized spacial score (nSPS) is 25.2. The fraction of sp³-hybridized carbons (Fsp3) is 0.667. The van der Waals surface area contributed by atoms with Gasteiger partial charge in [-0.05, 0) is 53.2 Å². The number of nitrogens with one attached hydrogen (secondary N) is 1. The van der Waals surface area contributed by atoms with Crippen LogP contribution in [0.3, 0.4) is 0 Å². The van der Waals surface area contributed by atoms with Crippen LogP contribution in [0.4, 0.5) is 0 Å². The molecule has 2 atom stereocenters. The van der Waals surface area contributed by atoms with Crippen LogP contribution < -0.4 is 5.32 Å². The number of hydrogen-bond donors (Lipinski definition) is 1. The Kier molecular flexibility index (Phi) is 3.25. The van der Waals surface area contributed by atoms with Crippen LogP contribution in [0.1, 0.15) is 38.1 Å². The molecule has 1 nitrogen and oxygen atoms in total. The van der Waals surface area contributed by atoms with E-state index in [1.807, 2.05) is 11.3 Å².